The van der Waals surface area contributed by atoms with E-state index in [1.165, 1.54) is 12.1 Å². The first-order valence-corrected chi connectivity index (χ1v) is 7.53. The molecule has 0 aliphatic rings. The Labute approximate surface area is 132 Å². The van der Waals surface area contributed by atoms with Crippen molar-refractivity contribution in [1.29, 1.82) is 0 Å². The van der Waals surface area contributed by atoms with Crippen LogP contribution in [0.3, 0.4) is 0 Å². The van der Waals surface area contributed by atoms with Crippen LogP contribution in [0, 0.1) is 12.7 Å². The summed E-state index contributed by atoms with van der Waals surface area (Å²) in [5.74, 6) is 0.976. The van der Waals surface area contributed by atoms with Crippen LogP contribution in [0.2, 0.25) is 0 Å². The highest BCUT2D eigenvalue weighted by Gasteiger charge is 2.13. The minimum atomic E-state index is -0.255. The van der Waals surface area contributed by atoms with Gasteiger partial charge in [-0.3, -0.25) is 0 Å². The van der Waals surface area contributed by atoms with E-state index in [4.69, 9.17) is 20.9 Å². The van der Waals surface area contributed by atoms with E-state index in [0.29, 0.717) is 18.9 Å². The van der Waals surface area contributed by atoms with Crippen LogP contribution in [0.25, 0.3) is 11.0 Å². The van der Waals surface area contributed by atoms with E-state index in [-0.39, 0.29) is 5.82 Å². The zero-order valence-corrected chi connectivity index (χ0v) is 12.9. The zero-order valence-electron chi connectivity index (χ0n) is 12.1. The van der Waals surface area contributed by atoms with Crippen LogP contribution in [0.4, 0.5) is 4.39 Å². The minimum absolute atomic E-state index is 0.255. The first-order valence-electron chi connectivity index (χ1n) is 7.00. The van der Waals surface area contributed by atoms with E-state index < -0.39 is 0 Å². The highest BCUT2D eigenvalue weighted by atomic mass is 35.5. The summed E-state index contributed by atoms with van der Waals surface area (Å²) in [7, 11) is 0. The van der Waals surface area contributed by atoms with E-state index in [1.54, 1.807) is 12.1 Å². The second-order valence-electron chi connectivity index (χ2n) is 5.05. The fourth-order valence-electron chi connectivity index (χ4n) is 2.34. The molecule has 1 aromatic heterocycles. The molecule has 0 aliphatic heterocycles. The molecule has 0 bridgehead atoms. The van der Waals surface area contributed by atoms with Gasteiger partial charge in [0, 0.05) is 23.3 Å². The lowest BCUT2D eigenvalue weighted by Gasteiger charge is -2.09. The fraction of sp³-hybridized carbons (Fsp3) is 0.235. The molecule has 5 heteroatoms. The van der Waals surface area contributed by atoms with Crippen molar-refractivity contribution in [3.63, 3.8) is 0 Å². The molecule has 3 aromatic rings. The number of aromatic nitrogens is 1. The summed E-state index contributed by atoms with van der Waals surface area (Å²) in [6, 6.07) is 10.1. The average molecular weight is 320 g/mol. The normalized spacial score (nSPS) is 11.0. The molecule has 0 unspecified atom stereocenters. The fourth-order valence-corrected chi connectivity index (χ4v) is 2.52. The van der Waals surface area contributed by atoms with Crippen molar-refractivity contribution >= 4 is 22.6 Å². The molecule has 0 N–H and O–H groups in total. The van der Waals surface area contributed by atoms with E-state index >= 15 is 0 Å². The number of nitrogens with zero attached hydrogens (tertiary/aromatic N) is 1. The third-order valence-corrected chi connectivity index (χ3v) is 3.74. The monoisotopic (exact) mass is 319 g/mol. The molecular formula is C17H15ClFNO2. The molecule has 0 atom stereocenters. The Morgan fingerprint density at radius 3 is 2.68 bits per heavy atom. The first-order chi connectivity index (χ1) is 10.7. The van der Waals surface area contributed by atoms with Crippen molar-refractivity contribution in [3.8, 4) is 5.75 Å². The molecule has 22 heavy (non-hydrogen) atoms. The van der Waals surface area contributed by atoms with Gasteiger partial charge < -0.3 is 9.26 Å². The van der Waals surface area contributed by atoms with Crippen LogP contribution >= 0.6 is 11.6 Å². The number of ether oxygens (including phenoxy) is 1. The number of fused-ring (bicyclic) bond motifs is 1. The van der Waals surface area contributed by atoms with Crippen LogP contribution in [0.15, 0.2) is 40.9 Å². The smallest absolute Gasteiger partial charge is 0.173 e. The molecule has 0 aliphatic carbocycles. The Kier molecular flexibility index (Phi) is 4.29. The molecule has 3 nitrogen and oxygen atoms in total. The molecule has 3 rings (SSSR count). The number of benzene rings is 2. The number of halogens is 2. The second-order valence-corrected chi connectivity index (χ2v) is 5.43. The Bertz CT molecular complexity index is 783. The van der Waals surface area contributed by atoms with Crippen molar-refractivity contribution in [2.75, 3.05) is 5.88 Å². The van der Waals surface area contributed by atoms with Gasteiger partial charge in [0.2, 0.25) is 0 Å². The maximum absolute atomic E-state index is 12.9. The number of hydrogen-bond acceptors (Lipinski definition) is 3. The van der Waals surface area contributed by atoms with E-state index in [0.717, 1.165) is 33.5 Å². The van der Waals surface area contributed by atoms with Crippen molar-refractivity contribution < 1.29 is 13.7 Å². The lowest BCUT2D eigenvalue weighted by atomic mass is 10.1. The molecule has 114 valence electrons. The molecule has 0 radical (unpaired) electrons. The predicted octanol–water partition coefficient (Wildman–Crippen LogP) is 4.64. The third kappa shape index (κ3) is 2.92. The molecule has 0 spiro atoms. The summed E-state index contributed by atoms with van der Waals surface area (Å²) >= 11 is 5.76. The van der Waals surface area contributed by atoms with E-state index in [2.05, 4.69) is 5.16 Å². The Hall–Kier alpha value is -2.07. The summed E-state index contributed by atoms with van der Waals surface area (Å²) in [6.07, 6.45) is 0.670. The van der Waals surface area contributed by atoms with E-state index in [1.807, 2.05) is 19.1 Å². The second kappa shape index (κ2) is 6.36. The standard InChI is InChI=1S/C17H15ClFNO2/c1-11-16(21-10-12-2-4-13(19)5-3-12)7-6-14-15(8-9-18)20-22-17(11)14/h2-7H,8-10H2,1H3. The number of rotatable bonds is 5. The van der Waals surface area contributed by atoms with Gasteiger partial charge in [-0.15, -0.1) is 11.6 Å². The van der Waals surface area contributed by atoms with Crippen LogP contribution < -0.4 is 4.74 Å². The number of aryl methyl sites for hydroxylation is 2. The van der Waals surface area contributed by atoms with Gasteiger partial charge in [-0.1, -0.05) is 17.3 Å². The Morgan fingerprint density at radius 2 is 1.95 bits per heavy atom. The van der Waals surface area contributed by atoms with Gasteiger partial charge in [0.15, 0.2) is 5.58 Å². The first kappa shape index (κ1) is 14.9. The van der Waals surface area contributed by atoms with Gasteiger partial charge in [0.05, 0.1) is 5.69 Å². The van der Waals surface area contributed by atoms with Crippen LogP contribution in [0.5, 0.6) is 5.75 Å². The van der Waals surface area contributed by atoms with Crippen molar-refractivity contribution in [3.05, 3.63) is 59.0 Å². The van der Waals surface area contributed by atoms with E-state index in [9.17, 15) is 4.39 Å². The summed E-state index contributed by atoms with van der Waals surface area (Å²) < 4.78 is 24.1. The molecule has 2 aromatic carbocycles. The topological polar surface area (TPSA) is 35.3 Å². The van der Waals surface area contributed by atoms with Crippen molar-refractivity contribution in [1.82, 2.24) is 5.16 Å². The maximum Gasteiger partial charge on any atom is 0.173 e. The Balaban J connectivity index is 1.82. The average Bonchev–Trinajstić information content (AvgIpc) is 2.93. The van der Waals surface area contributed by atoms with Gasteiger partial charge in [0.1, 0.15) is 18.2 Å². The molecule has 0 amide bonds. The van der Waals surface area contributed by atoms with Gasteiger partial charge >= 0.3 is 0 Å². The summed E-state index contributed by atoms with van der Waals surface area (Å²) in [5.41, 5.74) is 3.38. The van der Waals surface area contributed by atoms with Crippen LogP contribution in [-0.2, 0) is 13.0 Å². The van der Waals surface area contributed by atoms with Crippen LogP contribution in [-0.4, -0.2) is 11.0 Å². The third-order valence-electron chi connectivity index (χ3n) is 3.55. The minimum Gasteiger partial charge on any atom is -0.488 e. The quantitative estimate of drug-likeness (QED) is 0.643. The molecule has 1 heterocycles. The van der Waals surface area contributed by atoms with Gasteiger partial charge in [-0.2, -0.15) is 0 Å². The highest BCUT2D eigenvalue weighted by Crippen LogP contribution is 2.30. The van der Waals surface area contributed by atoms with Gasteiger partial charge in [-0.25, -0.2) is 4.39 Å². The van der Waals surface area contributed by atoms with Gasteiger partial charge in [0.25, 0.3) is 0 Å². The zero-order chi connectivity index (χ0) is 15.5. The summed E-state index contributed by atoms with van der Waals surface area (Å²) in [4.78, 5) is 0. The lowest BCUT2D eigenvalue weighted by molar-refractivity contribution is 0.303. The summed E-state index contributed by atoms with van der Waals surface area (Å²) in [5, 5.41) is 5.02. The predicted molar refractivity (Wildman–Crippen MR) is 83.9 cm³/mol. The molecular weight excluding hydrogens is 305 g/mol. The Morgan fingerprint density at radius 1 is 1.18 bits per heavy atom. The van der Waals surface area contributed by atoms with Gasteiger partial charge in [-0.05, 0) is 36.8 Å². The molecule has 0 saturated heterocycles. The molecule has 0 saturated carbocycles. The summed E-state index contributed by atoms with van der Waals surface area (Å²) in [6.45, 7) is 2.30. The highest BCUT2D eigenvalue weighted by molar-refractivity contribution is 6.18. The van der Waals surface area contributed by atoms with Crippen molar-refractivity contribution in [2.24, 2.45) is 0 Å². The SMILES string of the molecule is Cc1c(OCc2ccc(F)cc2)ccc2c(CCCl)noc12. The largest absolute Gasteiger partial charge is 0.488 e. The number of alkyl halides is 1. The maximum atomic E-state index is 12.9. The number of hydrogen-bond donors (Lipinski definition) is 0. The van der Waals surface area contributed by atoms with Crippen molar-refractivity contribution in [2.45, 2.75) is 20.0 Å². The van der Waals surface area contributed by atoms with Crippen LogP contribution in [0.1, 0.15) is 16.8 Å². The lowest BCUT2D eigenvalue weighted by Crippen LogP contribution is -1.97. The molecule has 0 fully saturated rings.